The van der Waals surface area contributed by atoms with Gasteiger partial charge in [0.2, 0.25) is 5.91 Å². The van der Waals surface area contributed by atoms with Crippen molar-refractivity contribution in [3.05, 3.63) is 51.2 Å². The lowest BCUT2D eigenvalue weighted by atomic mass is 10.2. The third-order valence-electron chi connectivity index (χ3n) is 4.05. The number of hydrogen-bond acceptors (Lipinski definition) is 7. The average Bonchev–Trinajstić information content (AvgIpc) is 3.19. The molecule has 152 valence electrons. The molecule has 0 bridgehead atoms. The van der Waals surface area contributed by atoms with E-state index in [1.54, 1.807) is 35.9 Å². The summed E-state index contributed by atoms with van der Waals surface area (Å²) in [4.78, 5) is 29.7. The molecule has 0 aliphatic rings. The van der Waals surface area contributed by atoms with Gasteiger partial charge in [0.05, 0.1) is 18.0 Å². The molecule has 8 nitrogen and oxygen atoms in total. The van der Waals surface area contributed by atoms with Crippen molar-refractivity contribution >= 4 is 51.6 Å². The van der Waals surface area contributed by atoms with Crippen molar-refractivity contribution in [2.45, 2.75) is 25.5 Å². The molecule has 0 saturated carbocycles. The Labute approximate surface area is 181 Å². The zero-order chi connectivity index (χ0) is 21.0. The van der Waals surface area contributed by atoms with E-state index in [9.17, 15) is 9.59 Å². The molecule has 2 heterocycles. The van der Waals surface area contributed by atoms with Gasteiger partial charge in [-0.1, -0.05) is 23.4 Å². The number of nitrogens with zero attached hydrogens (tertiary/aromatic N) is 4. The van der Waals surface area contributed by atoms with Crippen LogP contribution in [-0.4, -0.2) is 37.3 Å². The number of carbonyl (C=O) groups is 2. The van der Waals surface area contributed by atoms with Crippen LogP contribution in [0.3, 0.4) is 0 Å². The van der Waals surface area contributed by atoms with E-state index in [2.05, 4.69) is 25.8 Å². The molecule has 0 atom stereocenters. The Balaban J connectivity index is 1.51. The lowest BCUT2D eigenvalue weighted by Gasteiger charge is -2.06. The standard InChI is InChI=1S/C18H19ClN6O2S2/c1-10-11(2)29-17(21-10)22-15(26)9-28-18-24-23-14(25(18)3)8-20-16(27)12-4-6-13(19)7-5-12/h4-7H,8-9H2,1-3H3,(H,20,27)(H,21,22,26). The number of hydrogen-bond donors (Lipinski definition) is 2. The zero-order valence-corrected chi connectivity index (χ0v) is 18.4. The second-order valence-corrected chi connectivity index (χ2v) is 8.73. The largest absolute Gasteiger partial charge is 0.345 e. The number of aryl methyl sites for hydroxylation is 2. The van der Waals surface area contributed by atoms with Gasteiger partial charge in [0.15, 0.2) is 16.1 Å². The molecule has 0 saturated heterocycles. The first kappa shape index (κ1) is 21.3. The molecule has 3 rings (SSSR count). The summed E-state index contributed by atoms with van der Waals surface area (Å²) < 4.78 is 1.75. The first-order valence-electron chi connectivity index (χ1n) is 8.62. The van der Waals surface area contributed by atoms with Crippen LogP contribution in [-0.2, 0) is 18.4 Å². The summed E-state index contributed by atoms with van der Waals surface area (Å²) in [7, 11) is 1.79. The summed E-state index contributed by atoms with van der Waals surface area (Å²) >= 11 is 8.54. The van der Waals surface area contributed by atoms with Crippen molar-refractivity contribution in [1.29, 1.82) is 0 Å². The normalized spacial score (nSPS) is 10.8. The molecule has 0 radical (unpaired) electrons. The van der Waals surface area contributed by atoms with Crippen LogP contribution < -0.4 is 10.6 Å². The smallest absolute Gasteiger partial charge is 0.251 e. The van der Waals surface area contributed by atoms with Crippen molar-refractivity contribution < 1.29 is 9.59 Å². The van der Waals surface area contributed by atoms with Gasteiger partial charge in [-0.25, -0.2) is 4.98 Å². The van der Waals surface area contributed by atoms with Crippen molar-refractivity contribution in [3.63, 3.8) is 0 Å². The minimum absolute atomic E-state index is 0.163. The number of thiazole rings is 1. The van der Waals surface area contributed by atoms with Gasteiger partial charge in [-0.2, -0.15) is 0 Å². The number of thioether (sulfide) groups is 1. The molecule has 3 aromatic rings. The highest BCUT2D eigenvalue weighted by atomic mass is 35.5. The predicted molar refractivity (Wildman–Crippen MR) is 115 cm³/mol. The third-order valence-corrected chi connectivity index (χ3v) is 6.31. The van der Waals surface area contributed by atoms with Crippen LogP contribution in [0.25, 0.3) is 0 Å². The van der Waals surface area contributed by atoms with Gasteiger partial charge < -0.3 is 15.2 Å². The van der Waals surface area contributed by atoms with Crippen LogP contribution in [0.4, 0.5) is 5.13 Å². The van der Waals surface area contributed by atoms with E-state index in [0.717, 1.165) is 10.6 Å². The summed E-state index contributed by atoms with van der Waals surface area (Å²) in [5, 5.41) is 15.5. The molecule has 2 amide bonds. The lowest BCUT2D eigenvalue weighted by Crippen LogP contribution is -2.24. The average molecular weight is 451 g/mol. The fourth-order valence-electron chi connectivity index (χ4n) is 2.30. The van der Waals surface area contributed by atoms with Gasteiger partial charge in [0.25, 0.3) is 5.91 Å². The maximum atomic E-state index is 12.2. The van der Waals surface area contributed by atoms with E-state index in [-0.39, 0.29) is 24.1 Å². The Bertz CT molecular complexity index is 1010. The molecule has 2 N–H and O–H groups in total. The predicted octanol–water partition coefficient (Wildman–Crippen LogP) is 3.20. The molecule has 0 aliphatic carbocycles. The molecule has 1 aromatic carbocycles. The van der Waals surface area contributed by atoms with E-state index in [1.807, 2.05) is 13.8 Å². The number of anilines is 1. The van der Waals surface area contributed by atoms with Gasteiger partial charge in [0.1, 0.15) is 0 Å². The van der Waals surface area contributed by atoms with Gasteiger partial charge in [-0.15, -0.1) is 21.5 Å². The number of halogens is 1. The van der Waals surface area contributed by atoms with E-state index in [0.29, 0.717) is 26.7 Å². The Kier molecular flexibility index (Phi) is 6.88. The highest BCUT2D eigenvalue weighted by molar-refractivity contribution is 7.99. The molecule has 29 heavy (non-hydrogen) atoms. The van der Waals surface area contributed by atoms with Crippen LogP contribution in [0, 0.1) is 13.8 Å². The highest BCUT2D eigenvalue weighted by Gasteiger charge is 2.14. The van der Waals surface area contributed by atoms with Crippen LogP contribution in [0.1, 0.15) is 26.8 Å². The Hall–Kier alpha value is -2.43. The number of rotatable bonds is 7. The van der Waals surface area contributed by atoms with Crippen LogP contribution in [0.2, 0.25) is 5.02 Å². The molecule has 0 unspecified atom stereocenters. The van der Waals surface area contributed by atoms with Gasteiger partial charge in [0, 0.05) is 22.5 Å². The number of nitrogens with one attached hydrogen (secondary N) is 2. The van der Waals surface area contributed by atoms with Crippen LogP contribution >= 0.6 is 34.7 Å². The summed E-state index contributed by atoms with van der Waals surface area (Å²) in [6, 6.07) is 6.62. The van der Waals surface area contributed by atoms with E-state index in [4.69, 9.17) is 11.6 Å². The number of benzene rings is 1. The van der Waals surface area contributed by atoms with E-state index < -0.39 is 0 Å². The second-order valence-electron chi connectivity index (χ2n) is 6.14. The molecular weight excluding hydrogens is 432 g/mol. The minimum Gasteiger partial charge on any atom is -0.345 e. The maximum Gasteiger partial charge on any atom is 0.251 e. The summed E-state index contributed by atoms with van der Waals surface area (Å²) in [6.45, 7) is 4.09. The number of carbonyl (C=O) groups excluding carboxylic acids is 2. The summed E-state index contributed by atoms with van der Waals surface area (Å²) in [5.41, 5.74) is 1.42. The molecular formula is C18H19ClN6O2S2. The maximum absolute atomic E-state index is 12.2. The van der Waals surface area contributed by atoms with Crippen LogP contribution in [0.15, 0.2) is 29.4 Å². The highest BCUT2D eigenvalue weighted by Crippen LogP contribution is 2.22. The van der Waals surface area contributed by atoms with Crippen molar-refractivity contribution in [1.82, 2.24) is 25.1 Å². The number of amides is 2. The van der Waals surface area contributed by atoms with Crippen molar-refractivity contribution in [2.24, 2.45) is 7.05 Å². The first-order chi connectivity index (χ1) is 13.8. The fourth-order valence-corrected chi connectivity index (χ4v) is 3.99. The summed E-state index contributed by atoms with van der Waals surface area (Å²) in [5.74, 6) is 0.374. The Morgan fingerprint density at radius 2 is 1.93 bits per heavy atom. The first-order valence-corrected chi connectivity index (χ1v) is 10.8. The molecule has 11 heteroatoms. The second kappa shape index (κ2) is 9.38. The van der Waals surface area contributed by atoms with Crippen molar-refractivity contribution in [2.75, 3.05) is 11.1 Å². The Morgan fingerprint density at radius 3 is 2.59 bits per heavy atom. The topological polar surface area (TPSA) is 102 Å². The van der Waals surface area contributed by atoms with Gasteiger partial charge >= 0.3 is 0 Å². The van der Waals surface area contributed by atoms with Gasteiger partial charge in [-0.3, -0.25) is 9.59 Å². The zero-order valence-electron chi connectivity index (χ0n) is 16.0. The monoisotopic (exact) mass is 450 g/mol. The summed E-state index contributed by atoms with van der Waals surface area (Å²) in [6.07, 6.45) is 0. The van der Waals surface area contributed by atoms with E-state index >= 15 is 0 Å². The van der Waals surface area contributed by atoms with Crippen molar-refractivity contribution in [3.8, 4) is 0 Å². The van der Waals surface area contributed by atoms with Crippen LogP contribution in [0.5, 0.6) is 0 Å². The number of aromatic nitrogens is 4. The molecule has 0 spiro atoms. The van der Waals surface area contributed by atoms with E-state index in [1.165, 1.54) is 23.1 Å². The van der Waals surface area contributed by atoms with Gasteiger partial charge in [-0.05, 0) is 38.1 Å². The lowest BCUT2D eigenvalue weighted by molar-refractivity contribution is -0.113. The SMILES string of the molecule is Cc1nc(NC(=O)CSc2nnc(CNC(=O)c3ccc(Cl)cc3)n2C)sc1C. The third kappa shape index (κ3) is 5.55. The minimum atomic E-state index is -0.229. The fraction of sp³-hybridized carbons (Fsp3) is 0.278. The molecule has 0 fully saturated rings. The molecule has 0 aliphatic heterocycles. The molecule has 2 aromatic heterocycles. The Morgan fingerprint density at radius 1 is 1.21 bits per heavy atom. The quantitative estimate of drug-likeness (QED) is 0.536.